The number of nitrogens with two attached hydrogens (primary N) is 7. The predicted molar refractivity (Wildman–Crippen MR) is 483 cm³/mol. The number of nitrogens with one attached hydrogen (secondary N) is 2. The molecule has 0 aliphatic heterocycles. The molecule has 39 heteroatoms. The van der Waals surface area contributed by atoms with E-state index < -0.39 is 46.0 Å². The summed E-state index contributed by atoms with van der Waals surface area (Å²) >= 11 is 29.9. The van der Waals surface area contributed by atoms with E-state index in [0.29, 0.717) is 74.5 Å². The van der Waals surface area contributed by atoms with Gasteiger partial charge >= 0.3 is 12.4 Å². The molecule has 25 nitrogen and oxygen atoms in total. The predicted octanol–water partition coefficient (Wildman–Crippen LogP) is 20.9. The highest BCUT2D eigenvalue weighted by Crippen LogP contribution is 2.42. The second-order valence-electron chi connectivity index (χ2n) is 26.7. The van der Waals surface area contributed by atoms with Crippen molar-refractivity contribution >= 4 is 122 Å². The number of aromatic nitrogens is 16. The molecular weight excluding hydrogens is 1740 g/mol. The lowest BCUT2D eigenvalue weighted by Crippen LogP contribution is -2.08. The zero-order valence-electron chi connectivity index (χ0n) is 68.8. The van der Waals surface area contributed by atoms with Crippen molar-refractivity contribution in [3.63, 3.8) is 0 Å². The Labute approximate surface area is 743 Å². The van der Waals surface area contributed by atoms with Crippen molar-refractivity contribution in [3.05, 3.63) is 270 Å². The van der Waals surface area contributed by atoms with Crippen LogP contribution >= 0.6 is 58.0 Å². The first-order chi connectivity index (χ1) is 59.9. The molecular formula is C87H83Cl5F9N25. The summed E-state index contributed by atoms with van der Waals surface area (Å²) in [6, 6.07) is 46.7. The maximum Gasteiger partial charge on any atom is 0.417 e. The van der Waals surface area contributed by atoms with E-state index in [9.17, 15) is 39.5 Å². The van der Waals surface area contributed by atoms with Gasteiger partial charge in [0, 0.05) is 111 Å². The van der Waals surface area contributed by atoms with Gasteiger partial charge in [-0.05, 0) is 123 Å². The van der Waals surface area contributed by atoms with Crippen LogP contribution < -0.4 is 50.8 Å². The largest absolute Gasteiger partial charge is 0.417 e. The maximum atomic E-state index is 13.6. The van der Waals surface area contributed by atoms with Crippen molar-refractivity contribution in [1.29, 1.82) is 0 Å². The van der Waals surface area contributed by atoms with Crippen molar-refractivity contribution in [2.45, 2.75) is 86.0 Å². The highest BCUT2D eigenvalue weighted by atomic mass is 35.5. The molecule has 0 unspecified atom stereocenters. The molecule has 0 bridgehead atoms. The van der Waals surface area contributed by atoms with Crippen LogP contribution in [0.15, 0.2) is 182 Å². The van der Waals surface area contributed by atoms with E-state index in [-0.39, 0.29) is 68.8 Å². The lowest BCUT2D eigenvalue weighted by molar-refractivity contribution is -0.138. The van der Waals surface area contributed by atoms with Gasteiger partial charge in [-0.2, -0.15) is 41.4 Å². The molecule has 0 aliphatic carbocycles. The van der Waals surface area contributed by atoms with Gasteiger partial charge in [0.05, 0.1) is 82.8 Å². The summed E-state index contributed by atoms with van der Waals surface area (Å²) in [4.78, 5) is 56.8. The molecule has 0 saturated carbocycles. The summed E-state index contributed by atoms with van der Waals surface area (Å²) in [5, 5.41) is 12.4. The highest BCUT2D eigenvalue weighted by molar-refractivity contribution is 6.43. The Balaban J connectivity index is 0.000000166. The van der Waals surface area contributed by atoms with Crippen LogP contribution in [0.1, 0.15) is 79.8 Å². The second-order valence-corrected chi connectivity index (χ2v) is 28.7. The first-order valence-electron chi connectivity index (χ1n) is 38.2. The number of anilines is 9. The number of aryl methyl sites for hydroxylation is 6. The van der Waals surface area contributed by atoms with Crippen LogP contribution in [-0.2, 0) is 51.5 Å². The highest BCUT2D eigenvalue weighted by Gasteiger charge is 2.35. The Kier molecular flexibility index (Phi) is 33.5. The molecule has 8 heterocycles. The third kappa shape index (κ3) is 25.4. The van der Waals surface area contributed by atoms with Gasteiger partial charge in [0.2, 0.25) is 41.6 Å². The summed E-state index contributed by atoms with van der Waals surface area (Å²) in [5.74, 6) is -0.264. The number of alkyl halides is 6. The maximum absolute atomic E-state index is 13.6. The standard InChI is InChI=1S/C13H14ClN3.C13H12F3N3.C13H14N6.C12H11Cl2N3.C12H10ClF3N4.C12H11ClFN3.C12H11F2N3/c1-3-9-7-12(17-13(15)16-9)10-5-4-6-11(14)8(10)2;1-2-8-7-11(19-12(17)18-8)9-5-3-4-6-10(9)13(14,15)16;1-15-12-6-10(17-13(14)18-12)8-4-3-5-11-9(8)7-16-19(11)2;1-2-7-6-10(17-12(15)16-7)8-4-3-5-9(13)11(8)14;1-18-9-5-8(19-11(17)20-9)6-3-2-4-7(10(6)13)12(14,15)16;1-2-7-6-10(17-12(15)16-7)8-4-3-5-9(14)11(8)13;1-2-7-6-10(17-12(15)16-7)8-4-3-5-9(13)11(8)14/h4-7H,3H2,1-2H3,(H2,15,16,17);3-7H,2H2,1H3,(H2,17,18,19);3-7H,1-2H3,(H3,14,15,17,18);3-6H,2H2,1H3,(H2,15,16,17);2-5H,1H3,(H3,17,18,19,20);2*3-6H,2H2,1H3,(H2,15,16,17). The number of fused-ring (bicyclic) bond motifs is 1. The van der Waals surface area contributed by atoms with Gasteiger partial charge in [-0.25, -0.2) is 73.0 Å². The van der Waals surface area contributed by atoms with Crippen LogP contribution in [0, 0.1) is 24.4 Å². The summed E-state index contributed by atoms with van der Waals surface area (Å²) < 4.78 is 119. The molecule has 15 rings (SSSR count). The van der Waals surface area contributed by atoms with Crippen LogP contribution in [-0.4, -0.2) is 93.7 Å². The monoisotopic (exact) mass is 1820 g/mol. The minimum atomic E-state index is -4.53. The fourth-order valence-corrected chi connectivity index (χ4v) is 13.1. The topological polar surface area (TPSA) is 404 Å². The lowest BCUT2D eigenvalue weighted by atomic mass is 10.0. The molecule has 8 aromatic heterocycles. The first kappa shape index (κ1) is 96.4. The Morgan fingerprint density at radius 2 is 0.651 bits per heavy atom. The molecule has 0 saturated heterocycles. The normalized spacial score (nSPS) is 10.9. The first-order valence-corrected chi connectivity index (χ1v) is 40.1. The Morgan fingerprint density at radius 1 is 0.333 bits per heavy atom. The third-order valence-electron chi connectivity index (χ3n) is 18.2. The number of hydrogen-bond acceptors (Lipinski definition) is 24. The van der Waals surface area contributed by atoms with E-state index in [0.717, 1.165) is 104 Å². The molecule has 0 amide bonds. The molecule has 0 atom stereocenters. The number of halogens is 14. The fraction of sp³-hybridized carbons (Fsp3) is 0.184. The minimum absolute atomic E-state index is 0.0128. The SMILES string of the molecule is CCc1cc(-c2cccc(Cl)c2C)nc(N)n1.CCc1cc(-c2cccc(Cl)c2Cl)nc(N)n1.CCc1cc(-c2cccc(F)c2Cl)nc(N)n1.CCc1cc(-c2cccc(F)c2F)nc(N)n1.CCc1cc(-c2ccccc2C(F)(F)F)nc(N)n1.CNc1cc(-c2cccc(C(F)(F)F)c2Cl)nc(N)n1.CNc1cc(-c2cccc3c2cnn3C)nc(N)n1. The summed E-state index contributed by atoms with van der Waals surface area (Å²) in [7, 11) is 5.33. The molecule has 126 heavy (non-hydrogen) atoms. The van der Waals surface area contributed by atoms with E-state index in [4.69, 9.17) is 98.1 Å². The van der Waals surface area contributed by atoms with Gasteiger partial charge < -0.3 is 50.8 Å². The van der Waals surface area contributed by atoms with Gasteiger partial charge in [0.1, 0.15) is 17.5 Å². The van der Waals surface area contributed by atoms with Crippen molar-refractivity contribution in [2.75, 3.05) is 64.9 Å². The summed E-state index contributed by atoms with van der Waals surface area (Å²) in [6.07, 6.45) is -3.54. The van der Waals surface area contributed by atoms with Crippen LogP contribution in [0.3, 0.4) is 0 Å². The quantitative estimate of drug-likeness (QED) is 0.0457. The van der Waals surface area contributed by atoms with Gasteiger partial charge in [-0.15, -0.1) is 0 Å². The van der Waals surface area contributed by atoms with Crippen molar-refractivity contribution in [2.24, 2.45) is 7.05 Å². The second kappa shape index (κ2) is 43.8. The van der Waals surface area contributed by atoms with E-state index in [1.807, 2.05) is 126 Å². The lowest BCUT2D eigenvalue weighted by Gasteiger charge is -2.12. The third-order valence-corrected chi connectivity index (χ3v) is 20.2. The van der Waals surface area contributed by atoms with Crippen LogP contribution in [0.4, 0.5) is 92.8 Å². The molecule has 0 aliphatic rings. The molecule has 654 valence electrons. The van der Waals surface area contributed by atoms with E-state index in [1.54, 1.807) is 44.4 Å². The average Bonchev–Trinajstić information content (AvgIpc) is 1.64. The molecule has 0 radical (unpaired) electrons. The fourth-order valence-electron chi connectivity index (χ4n) is 11.9. The number of rotatable bonds is 14. The van der Waals surface area contributed by atoms with Gasteiger partial charge in [0.15, 0.2) is 11.6 Å². The van der Waals surface area contributed by atoms with Gasteiger partial charge in [-0.3, -0.25) is 4.68 Å². The minimum Gasteiger partial charge on any atom is -0.373 e. The Bertz CT molecular complexity index is 5920. The number of nitrogens with zero attached hydrogens (tertiary/aromatic N) is 16. The van der Waals surface area contributed by atoms with Gasteiger partial charge in [0.25, 0.3) is 0 Å². The van der Waals surface area contributed by atoms with E-state index >= 15 is 0 Å². The molecule has 7 aromatic carbocycles. The summed E-state index contributed by atoms with van der Waals surface area (Å²) in [5.41, 5.74) is 50.7. The molecule has 16 N–H and O–H groups in total. The molecule has 0 fully saturated rings. The van der Waals surface area contributed by atoms with Crippen molar-refractivity contribution in [1.82, 2.24) is 79.6 Å². The van der Waals surface area contributed by atoms with Crippen molar-refractivity contribution in [3.8, 4) is 78.8 Å². The molecule has 15 aromatic rings. The van der Waals surface area contributed by atoms with Crippen molar-refractivity contribution < 1.29 is 39.5 Å². The van der Waals surface area contributed by atoms with Gasteiger partial charge in [-0.1, -0.05) is 178 Å². The Morgan fingerprint density at radius 3 is 1.10 bits per heavy atom. The number of benzene rings is 7. The van der Waals surface area contributed by atoms with E-state index in [1.165, 1.54) is 60.7 Å². The zero-order valence-corrected chi connectivity index (χ0v) is 72.6. The molecule has 0 spiro atoms. The smallest absolute Gasteiger partial charge is 0.373 e. The average molecular weight is 1830 g/mol. The number of hydrogen-bond donors (Lipinski definition) is 9. The summed E-state index contributed by atoms with van der Waals surface area (Å²) in [6.45, 7) is 11.7. The van der Waals surface area contributed by atoms with Crippen LogP contribution in [0.25, 0.3) is 89.7 Å². The van der Waals surface area contributed by atoms with Crippen LogP contribution in [0.2, 0.25) is 25.1 Å². The zero-order chi connectivity index (χ0) is 92.0. The Hall–Kier alpha value is -13.4. The van der Waals surface area contributed by atoms with E-state index in [2.05, 4.69) is 85.5 Å². The number of nitrogen functional groups attached to an aromatic ring is 7. The van der Waals surface area contributed by atoms with Crippen LogP contribution in [0.5, 0.6) is 0 Å².